The van der Waals surface area contributed by atoms with Gasteiger partial charge in [0, 0.05) is 11.6 Å². The minimum Gasteiger partial charge on any atom is -0.310 e. The molecule has 1 nitrogen and oxygen atoms in total. The highest BCUT2D eigenvalue weighted by atomic mass is 19.1. The van der Waals surface area contributed by atoms with E-state index in [1.807, 2.05) is 19.1 Å². The molecular formula is C17H19F2N. The molecule has 20 heavy (non-hydrogen) atoms. The van der Waals surface area contributed by atoms with Gasteiger partial charge < -0.3 is 5.32 Å². The van der Waals surface area contributed by atoms with Gasteiger partial charge in [-0.15, -0.1) is 0 Å². The van der Waals surface area contributed by atoms with Crippen LogP contribution in [0.15, 0.2) is 48.5 Å². The number of hydrogen-bond acceptors (Lipinski definition) is 1. The Hall–Kier alpha value is -1.74. The first kappa shape index (κ1) is 14.7. The average Bonchev–Trinajstić information content (AvgIpc) is 2.45. The summed E-state index contributed by atoms with van der Waals surface area (Å²) in [5, 5.41) is 3.33. The van der Waals surface area contributed by atoms with Crippen molar-refractivity contribution in [1.29, 1.82) is 0 Å². The van der Waals surface area contributed by atoms with Gasteiger partial charge in [-0.1, -0.05) is 37.3 Å². The van der Waals surface area contributed by atoms with Crippen molar-refractivity contribution >= 4 is 0 Å². The molecule has 2 aromatic carbocycles. The van der Waals surface area contributed by atoms with Gasteiger partial charge in [0.2, 0.25) is 0 Å². The van der Waals surface area contributed by atoms with Crippen LogP contribution in [0.25, 0.3) is 0 Å². The normalized spacial score (nSPS) is 12.3. The zero-order valence-corrected chi connectivity index (χ0v) is 11.6. The minimum atomic E-state index is -0.219. The Morgan fingerprint density at radius 1 is 1.05 bits per heavy atom. The Balaban J connectivity index is 1.93. The fraction of sp³-hybridized carbons (Fsp3) is 0.294. The van der Waals surface area contributed by atoms with Crippen LogP contribution < -0.4 is 5.32 Å². The largest absolute Gasteiger partial charge is 0.310 e. The van der Waals surface area contributed by atoms with Crippen LogP contribution in [0.4, 0.5) is 8.78 Å². The van der Waals surface area contributed by atoms with Crippen LogP contribution in [-0.4, -0.2) is 6.54 Å². The van der Waals surface area contributed by atoms with Crippen molar-refractivity contribution in [2.75, 3.05) is 6.54 Å². The summed E-state index contributed by atoms with van der Waals surface area (Å²) >= 11 is 0. The maximum Gasteiger partial charge on any atom is 0.127 e. The quantitative estimate of drug-likeness (QED) is 0.831. The summed E-state index contributed by atoms with van der Waals surface area (Å²) in [5.41, 5.74) is 1.63. The molecule has 2 rings (SSSR count). The fourth-order valence-corrected chi connectivity index (χ4v) is 2.32. The van der Waals surface area contributed by atoms with Crippen LogP contribution in [-0.2, 0) is 6.42 Å². The van der Waals surface area contributed by atoms with Crippen LogP contribution >= 0.6 is 0 Å². The molecule has 0 fully saturated rings. The van der Waals surface area contributed by atoms with Gasteiger partial charge in [-0.2, -0.15) is 0 Å². The van der Waals surface area contributed by atoms with E-state index in [4.69, 9.17) is 0 Å². The highest BCUT2D eigenvalue weighted by Gasteiger charge is 2.12. The molecule has 0 bridgehead atoms. The highest BCUT2D eigenvalue weighted by Crippen LogP contribution is 2.19. The van der Waals surface area contributed by atoms with E-state index >= 15 is 0 Å². The zero-order valence-electron chi connectivity index (χ0n) is 11.6. The molecule has 0 heterocycles. The Labute approximate surface area is 118 Å². The molecule has 0 aliphatic heterocycles. The number of hydrogen-bond donors (Lipinski definition) is 1. The second-order valence-electron chi connectivity index (χ2n) is 4.82. The third-order valence-electron chi connectivity index (χ3n) is 3.38. The maximum atomic E-state index is 13.7. The molecule has 1 unspecified atom stereocenters. The lowest BCUT2D eigenvalue weighted by atomic mass is 10.0. The number of rotatable bonds is 6. The first-order valence-electron chi connectivity index (χ1n) is 6.93. The van der Waals surface area contributed by atoms with Crippen LogP contribution in [0.3, 0.4) is 0 Å². The van der Waals surface area contributed by atoms with Gasteiger partial charge in [0.05, 0.1) is 0 Å². The molecule has 2 aromatic rings. The van der Waals surface area contributed by atoms with Gasteiger partial charge in [0.15, 0.2) is 0 Å². The third kappa shape index (κ3) is 3.87. The molecule has 0 aliphatic carbocycles. The van der Waals surface area contributed by atoms with E-state index in [9.17, 15) is 8.78 Å². The van der Waals surface area contributed by atoms with E-state index in [2.05, 4.69) is 5.32 Å². The van der Waals surface area contributed by atoms with Crippen molar-refractivity contribution in [2.45, 2.75) is 25.8 Å². The summed E-state index contributed by atoms with van der Waals surface area (Å²) in [7, 11) is 0. The number of halogens is 2. The van der Waals surface area contributed by atoms with Crippen LogP contribution in [0.5, 0.6) is 0 Å². The Morgan fingerprint density at radius 3 is 2.55 bits per heavy atom. The lowest BCUT2D eigenvalue weighted by Crippen LogP contribution is -2.24. The molecule has 0 aliphatic rings. The van der Waals surface area contributed by atoms with Crippen molar-refractivity contribution in [2.24, 2.45) is 0 Å². The highest BCUT2D eigenvalue weighted by molar-refractivity contribution is 5.21. The van der Waals surface area contributed by atoms with E-state index in [1.54, 1.807) is 18.2 Å². The molecule has 0 radical (unpaired) electrons. The Morgan fingerprint density at radius 2 is 1.85 bits per heavy atom. The summed E-state index contributed by atoms with van der Waals surface area (Å²) < 4.78 is 26.8. The van der Waals surface area contributed by atoms with Crippen molar-refractivity contribution in [3.05, 3.63) is 71.3 Å². The van der Waals surface area contributed by atoms with Gasteiger partial charge in [-0.3, -0.25) is 0 Å². The lowest BCUT2D eigenvalue weighted by Gasteiger charge is -2.18. The third-order valence-corrected chi connectivity index (χ3v) is 3.38. The maximum absolute atomic E-state index is 13.7. The minimum absolute atomic E-state index is 0.00948. The van der Waals surface area contributed by atoms with E-state index in [0.717, 1.165) is 18.4 Å². The molecule has 0 saturated carbocycles. The topological polar surface area (TPSA) is 12.0 Å². The smallest absolute Gasteiger partial charge is 0.127 e. The van der Waals surface area contributed by atoms with Gasteiger partial charge in [0.25, 0.3) is 0 Å². The first-order chi connectivity index (χ1) is 9.70. The Kier molecular flexibility index (Phi) is 5.24. The van der Waals surface area contributed by atoms with E-state index < -0.39 is 0 Å². The summed E-state index contributed by atoms with van der Waals surface area (Å²) in [5.74, 6) is -0.402. The number of nitrogens with one attached hydrogen (secondary N) is 1. The molecule has 0 aromatic heterocycles. The molecule has 1 atom stereocenters. The van der Waals surface area contributed by atoms with E-state index in [-0.39, 0.29) is 17.7 Å². The second kappa shape index (κ2) is 7.15. The van der Waals surface area contributed by atoms with Crippen molar-refractivity contribution < 1.29 is 8.78 Å². The van der Waals surface area contributed by atoms with Crippen LogP contribution in [0.2, 0.25) is 0 Å². The molecule has 0 spiro atoms. The van der Waals surface area contributed by atoms with Gasteiger partial charge in [0.1, 0.15) is 11.6 Å². The monoisotopic (exact) mass is 275 g/mol. The summed E-state index contributed by atoms with van der Waals surface area (Å²) in [6, 6.07) is 13.4. The number of benzene rings is 2. The molecule has 1 N–H and O–H groups in total. The van der Waals surface area contributed by atoms with Crippen molar-refractivity contribution in [3.63, 3.8) is 0 Å². The first-order valence-corrected chi connectivity index (χ1v) is 6.93. The standard InChI is InChI=1S/C17H19F2N/c1-2-17(15-8-3-4-9-16(15)19)20-11-10-13-6-5-7-14(18)12-13/h3-9,12,17,20H,2,10-11H2,1H3. The van der Waals surface area contributed by atoms with Crippen LogP contribution in [0, 0.1) is 11.6 Å². The summed E-state index contributed by atoms with van der Waals surface area (Å²) in [6.45, 7) is 2.71. The average molecular weight is 275 g/mol. The lowest BCUT2D eigenvalue weighted by molar-refractivity contribution is 0.491. The predicted molar refractivity (Wildman–Crippen MR) is 77.5 cm³/mol. The fourth-order valence-electron chi connectivity index (χ4n) is 2.32. The summed E-state index contributed by atoms with van der Waals surface area (Å²) in [4.78, 5) is 0. The summed E-state index contributed by atoms with van der Waals surface area (Å²) in [6.07, 6.45) is 1.53. The Bertz CT molecular complexity index is 554. The van der Waals surface area contributed by atoms with Gasteiger partial charge in [-0.05, 0) is 43.1 Å². The van der Waals surface area contributed by atoms with E-state index in [0.29, 0.717) is 12.1 Å². The molecular weight excluding hydrogens is 256 g/mol. The molecule has 0 amide bonds. The molecule has 3 heteroatoms. The second-order valence-corrected chi connectivity index (χ2v) is 4.82. The predicted octanol–water partition coefficient (Wildman–Crippen LogP) is 4.25. The van der Waals surface area contributed by atoms with Crippen molar-refractivity contribution in [1.82, 2.24) is 5.32 Å². The van der Waals surface area contributed by atoms with Crippen molar-refractivity contribution in [3.8, 4) is 0 Å². The van der Waals surface area contributed by atoms with Gasteiger partial charge >= 0.3 is 0 Å². The zero-order chi connectivity index (χ0) is 14.4. The van der Waals surface area contributed by atoms with Crippen LogP contribution in [0.1, 0.15) is 30.5 Å². The SMILES string of the molecule is CCC(NCCc1cccc(F)c1)c1ccccc1F. The molecule has 106 valence electrons. The molecule has 0 saturated heterocycles. The van der Waals surface area contributed by atoms with Gasteiger partial charge in [-0.25, -0.2) is 8.78 Å². The van der Waals surface area contributed by atoms with E-state index in [1.165, 1.54) is 18.2 Å².